The molecule has 0 radical (unpaired) electrons. The Morgan fingerprint density at radius 2 is 2.00 bits per heavy atom. The Bertz CT molecular complexity index is 656. The third-order valence-electron chi connectivity index (χ3n) is 6.21. The van der Waals surface area contributed by atoms with Crippen LogP contribution in [-0.2, 0) is 0 Å². The Morgan fingerprint density at radius 3 is 2.59 bits per heavy atom. The minimum absolute atomic E-state index is 0.394. The molecular formula is C20H32F3N5S. The van der Waals surface area contributed by atoms with E-state index in [1.165, 1.54) is 23.1 Å². The number of thiophene rings is 1. The maximum atomic E-state index is 13.0. The Kier molecular flexibility index (Phi) is 7.45. The fourth-order valence-corrected chi connectivity index (χ4v) is 5.45. The summed E-state index contributed by atoms with van der Waals surface area (Å²) >= 11 is 1.80. The van der Waals surface area contributed by atoms with E-state index in [0.29, 0.717) is 38.1 Å². The second-order valence-corrected chi connectivity index (χ2v) is 8.99. The van der Waals surface area contributed by atoms with Gasteiger partial charge in [0.05, 0.1) is 0 Å². The average Bonchev–Trinajstić information content (AvgIpc) is 3.22. The normalized spacial score (nSPS) is 26.6. The van der Waals surface area contributed by atoms with Crippen LogP contribution in [0, 0.1) is 5.92 Å². The molecule has 0 saturated carbocycles. The lowest BCUT2D eigenvalue weighted by Crippen LogP contribution is -2.57. The van der Waals surface area contributed by atoms with Crippen LogP contribution in [0.25, 0.3) is 0 Å². The Balaban J connectivity index is 1.55. The minimum atomic E-state index is -4.17. The largest absolute Gasteiger partial charge is 0.403 e. The van der Waals surface area contributed by atoms with Crippen molar-refractivity contribution in [3.05, 3.63) is 22.4 Å². The Labute approximate surface area is 175 Å². The zero-order valence-electron chi connectivity index (χ0n) is 17.5. The third kappa shape index (κ3) is 5.44. The second-order valence-electron chi connectivity index (χ2n) is 8.01. The lowest BCUT2D eigenvalue weighted by Gasteiger charge is -2.41. The highest BCUT2D eigenvalue weighted by atomic mass is 32.1. The van der Waals surface area contributed by atoms with Gasteiger partial charge in [-0.05, 0) is 50.7 Å². The molecule has 0 aromatic carbocycles. The quantitative estimate of drug-likeness (QED) is 0.586. The van der Waals surface area contributed by atoms with Gasteiger partial charge in [-0.2, -0.15) is 13.2 Å². The molecule has 1 aromatic heterocycles. The van der Waals surface area contributed by atoms with Gasteiger partial charge in [0.15, 0.2) is 5.96 Å². The monoisotopic (exact) mass is 431 g/mol. The first-order valence-corrected chi connectivity index (χ1v) is 11.2. The van der Waals surface area contributed by atoms with E-state index in [-0.39, 0.29) is 0 Å². The molecule has 2 aliphatic heterocycles. The first-order valence-electron chi connectivity index (χ1n) is 10.3. The van der Waals surface area contributed by atoms with Gasteiger partial charge in [-0.15, -0.1) is 11.3 Å². The average molecular weight is 432 g/mol. The van der Waals surface area contributed by atoms with Crippen LogP contribution in [0.15, 0.2) is 22.5 Å². The fraction of sp³-hybridized carbons (Fsp3) is 0.750. The number of aliphatic imine (C=N–C) groups is 1. The van der Waals surface area contributed by atoms with Crippen LogP contribution in [0.4, 0.5) is 13.2 Å². The van der Waals surface area contributed by atoms with Crippen molar-refractivity contribution in [3.63, 3.8) is 0 Å². The van der Waals surface area contributed by atoms with E-state index < -0.39 is 12.2 Å². The van der Waals surface area contributed by atoms with Crippen molar-refractivity contribution in [1.29, 1.82) is 0 Å². The molecule has 0 amide bonds. The zero-order chi connectivity index (χ0) is 21.0. The summed E-state index contributed by atoms with van der Waals surface area (Å²) in [6.45, 7) is 5.06. The number of likely N-dealkylation sites (tertiary alicyclic amines) is 1. The topological polar surface area (TPSA) is 34.1 Å². The summed E-state index contributed by atoms with van der Waals surface area (Å²) in [4.78, 5) is 11.8. The third-order valence-corrected chi connectivity index (χ3v) is 7.15. The van der Waals surface area contributed by atoms with E-state index in [2.05, 4.69) is 44.7 Å². The van der Waals surface area contributed by atoms with Gasteiger partial charge in [-0.3, -0.25) is 14.8 Å². The van der Waals surface area contributed by atoms with Crippen LogP contribution in [0.3, 0.4) is 0 Å². The number of hydrogen-bond donors (Lipinski definition) is 1. The molecule has 29 heavy (non-hydrogen) atoms. The maximum absolute atomic E-state index is 13.0. The van der Waals surface area contributed by atoms with Gasteiger partial charge in [-0.25, -0.2) is 0 Å². The van der Waals surface area contributed by atoms with Crippen LogP contribution in [0.1, 0.15) is 30.7 Å². The maximum Gasteiger partial charge on any atom is 0.403 e. The molecule has 164 valence electrons. The molecule has 3 heterocycles. The van der Waals surface area contributed by atoms with Gasteiger partial charge in [0.2, 0.25) is 0 Å². The summed E-state index contributed by atoms with van der Waals surface area (Å²) in [6, 6.07) is 3.32. The number of alkyl halides is 3. The molecule has 2 fully saturated rings. The lowest BCUT2D eigenvalue weighted by molar-refractivity contribution is -0.181. The lowest BCUT2D eigenvalue weighted by atomic mass is 9.88. The number of hydrogen-bond acceptors (Lipinski definition) is 4. The summed E-state index contributed by atoms with van der Waals surface area (Å²) in [7, 11) is 3.93. The van der Waals surface area contributed by atoms with E-state index >= 15 is 0 Å². The van der Waals surface area contributed by atoms with Crippen molar-refractivity contribution >= 4 is 17.3 Å². The highest BCUT2D eigenvalue weighted by molar-refractivity contribution is 7.10. The molecule has 2 aliphatic rings. The van der Waals surface area contributed by atoms with Crippen LogP contribution in [-0.4, -0.2) is 86.2 Å². The fourth-order valence-electron chi connectivity index (χ4n) is 4.47. The molecule has 3 atom stereocenters. The van der Waals surface area contributed by atoms with Crippen molar-refractivity contribution < 1.29 is 13.2 Å². The summed E-state index contributed by atoms with van der Waals surface area (Å²) in [5.41, 5.74) is 0. The molecule has 9 heteroatoms. The van der Waals surface area contributed by atoms with Crippen LogP contribution < -0.4 is 5.32 Å². The smallest absolute Gasteiger partial charge is 0.356 e. The Morgan fingerprint density at radius 1 is 1.28 bits per heavy atom. The zero-order valence-corrected chi connectivity index (χ0v) is 18.3. The van der Waals surface area contributed by atoms with E-state index in [4.69, 9.17) is 0 Å². The van der Waals surface area contributed by atoms with Crippen molar-refractivity contribution in [2.75, 3.05) is 53.4 Å². The van der Waals surface area contributed by atoms with Crippen molar-refractivity contribution in [2.24, 2.45) is 10.9 Å². The molecule has 2 saturated heterocycles. The molecular weight excluding hydrogens is 399 g/mol. The summed E-state index contributed by atoms with van der Waals surface area (Å²) in [6.07, 6.45) is -1.84. The summed E-state index contributed by atoms with van der Waals surface area (Å²) in [5.74, 6) is 1.28. The van der Waals surface area contributed by atoms with E-state index in [1.54, 1.807) is 18.4 Å². The summed E-state index contributed by atoms with van der Waals surface area (Å²) < 4.78 is 38.9. The number of piperidine rings is 1. The van der Waals surface area contributed by atoms with Gasteiger partial charge in [-0.1, -0.05) is 6.07 Å². The predicted octanol–water partition coefficient (Wildman–Crippen LogP) is 3.27. The molecule has 0 aliphatic carbocycles. The first kappa shape index (κ1) is 22.4. The van der Waals surface area contributed by atoms with Gasteiger partial charge >= 0.3 is 6.18 Å². The van der Waals surface area contributed by atoms with Gasteiger partial charge in [0.25, 0.3) is 0 Å². The number of halogens is 3. The molecule has 1 N–H and O–H groups in total. The number of nitrogens with zero attached hydrogens (tertiary/aromatic N) is 4. The van der Waals surface area contributed by atoms with Gasteiger partial charge in [0, 0.05) is 50.7 Å². The van der Waals surface area contributed by atoms with Crippen LogP contribution in [0.2, 0.25) is 0 Å². The predicted molar refractivity (Wildman–Crippen MR) is 112 cm³/mol. The molecule has 3 rings (SSSR count). The highest BCUT2D eigenvalue weighted by Gasteiger charge is 2.41. The molecule has 0 bridgehead atoms. The van der Waals surface area contributed by atoms with Gasteiger partial charge in [0.1, 0.15) is 6.04 Å². The van der Waals surface area contributed by atoms with Crippen LogP contribution in [0.5, 0.6) is 0 Å². The highest BCUT2D eigenvalue weighted by Crippen LogP contribution is 2.36. The number of piperazine rings is 1. The van der Waals surface area contributed by atoms with Gasteiger partial charge < -0.3 is 10.2 Å². The SMILES string of the molecule is CN=C(NCC1CCCN(C)C1c1cccs1)N1CCN(C(C)C(F)(F)F)CC1. The van der Waals surface area contributed by atoms with Crippen molar-refractivity contribution in [3.8, 4) is 0 Å². The second kappa shape index (κ2) is 9.66. The number of nitrogens with one attached hydrogen (secondary N) is 1. The molecule has 3 unspecified atom stereocenters. The number of guanidine groups is 1. The standard InChI is InChI=1S/C20H32F3N5S/c1-15(20(21,22)23)27-9-11-28(12-10-27)19(24-2)25-14-16-6-4-8-26(3)18(16)17-7-5-13-29-17/h5,7,13,15-16,18H,4,6,8-12,14H2,1-3H3,(H,24,25). The Hall–Kier alpha value is -1.32. The van der Waals surface area contributed by atoms with Crippen LogP contribution >= 0.6 is 11.3 Å². The van der Waals surface area contributed by atoms with E-state index in [0.717, 1.165) is 25.5 Å². The van der Waals surface area contributed by atoms with Crippen molar-refractivity contribution in [2.45, 2.75) is 38.0 Å². The van der Waals surface area contributed by atoms with E-state index in [1.807, 2.05) is 0 Å². The van der Waals surface area contributed by atoms with Crippen molar-refractivity contribution in [1.82, 2.24) is 20.0 Å². The van der Waals surface area contributed by atoms with E-state index in [9.17, 15) is 13.2 Å². The first-order chi connectivity index (χ1) is 13.8. The molecule has 5 nitrogen and oxygen atoms in total. The summed E-state index contributed by atoms with van der Waals surface area (Å²) in [5, 5.41) is 5.64. The number of rotatable bonds is 4. The minimum Gasteiger partial charge on any atom is -0.356 e. The molecule has 0 spiro atoms. The molecule has 1 aromatic rings.